The maximum Gasteiger partial charge on any atom is 0.255 e. The van der Waals surface area contributed by atoms with Crippen LogP contribution in [0.2, 0.25) is 0 Å². The minimum atomic E-state index is -0.712. The lowest BCUT2D eigenvalue weighted by molar-refractivity contribution is -0.136. The number of piperazine rings is 1. The van der Waals surface area contributed by atoms with Crippen molar-refractivity contribution < 1.29 is 18.8 Å². The van der Waals surface area contributed by atoms with Gasteiger partial charge in [0.1, 0.15) is 11.9 Å². The van der Waals surface area contributed by atoms with Gasteiger partial charge in [-0.05, 0) is 35.6 Å². The number of nitrogens with one attached hydrogen (secondary N) is 2. The molecule has 3 aliphatic rings. The molecule has 3 aromatic rings. The van der Waals surface area contributed by atoms with Gasteiger partial charge < -0.3 is 14.8 Å². The molecule has 0 bridgehead atoms. The summed E-state index contributed by atoms with van der Waals surface area (Å²) in [5.41, 5.74) is 4.19. The highest BCUT2D eigenvalue weighted by molar-refractivity contribution is 6.06. The minimum Gasteiger partial charge on any atom is -0.369 e. The van der Waals surface area contributed by atoms with Gasteiger partial charge in [0.05, 0.1) is 0 Å². The Morgan fingerprint density at radius 2 is 1.86 bits per heavy atom. The van der Waals surface area contributed by atoms with Gasteiger partial charge in [0.2, 0.25) is 11.8 Å². The summed E-state index contributed by atoms with van der Waals surface area (Å²) in [7, 11) is 0. The fourth-order valence-electron chi connectivity index (χ4n) is 5.56. The predicted octanol–water partition coefficient (Wildman–Crippen LogP) is 2.39. The number of para-hydroxylation sites is 1. The third-order valence-electron chi connectivity index (χ3n) is 7.38. The van der Waals surface area contributed by atoms with Crippen LogP contribution < -0.4 is 10.2 Å². The lowest BCUT2D eigenvalue weighted by atomic mass is 10.0. The number of hydrogen-bond acceptors (Lipinski definition) is 5. The Balaban J connectivity index is 1.19. The Bertz CT molecular complexity index is 1340. The second-order valence-corrected chi connectivity index (χ2v) is 9.47. The molecule has 0 aliphatic carbocycles. The van der Waals surface area contributed by atoms with E-state index < -0.39 is 17.8 Å². The molecule has 1 atom stereocenters. The number of carbonyl (C=O) groups excluding carboxylic acids is 3. The number of hydrogen-bond donors (Lipinski definition) is 2. The van der Waals surface area contributed by atoms with Crippen molar-refractivity contribution in [2.75, 3.05) is 31.1 Å². The summed E-state index contributed by atoms with van der Waals surface area (Å²) in [4.78, 5) is 46.3. The third kappa shape index (κ3) is 3.85. The standard InChI is InChI=1S/C26H26FN5O3/c27-18-12-19-20(15-32(26(19)35)21-4-5-23(33)29-25(21)34)22(13-18)31-10-8-30(9-11-31)14-17-3-1-2-16-6-7-28-24(16)17/h1-3,6-7,12-13,21,28H,4-5,8-11,14-15H2,(H,29,33,34). The number of H-pyrrole nitrogens is 1. The van der Waals surface area contributed by atoms with E-state index in [2.05, 4.69) is 44.4 Å². The molecule has 2 N–H and O–H groups in total. The molecule has 0 saturated carbocycles. The van der Waals surface area contributed by atoms with Crippen molar-refractivity contribution >= 4 is 34.3 Å². The van der Waals surface area contributed by atoms with Crippen LogP contribution in [0.15, 0.2) is 42.6 Å². The molecule has 1 unspecified atom stereocenters. The molecule has 3 amide bonds. The van der Waals surface area contributed by atoms with Gasteiger partial charge >= 0.3 is 0 Å². The van der Waals surface area contributed by atoms with Crippen molar-refractivity contribution in [1.29, 1.82) is 0 Å². The number of fused-ring (bicyclic) bond motifs is 2. The van der Waals surface area contributed by atoms with E-state index in [0.29, 0.717) is 24.3 Å². The van der Waals surface area contributed by atoms with Crippen molar-refractivity contribution in [1.82, 2.24) is 20.1 Å². The van der Waals surface area contributed by atoms with Gasteiger partial charge in [0.25, 0.3) is 5.91 Å². The Hall–Kier alpha value is -3.72. The summed E-state index contributed by atoms with van der Waals surface area (Å²) >= 11 is 0. The normalized spacial score (nSPS) is 21.1. The SMILES string of the molecule is O=C1CCC(N2Cc3c(cc(F)cc3N3CCN(Cc4cccc5cc[nH]c45)CC3)C2=O)C(=O)N1. The molecule has 0 radical (unpaired) electrons. The van der Waals surface area contributed by atoms with Crippen LogP contribution in [0.4, 0.5) is 10.1 Å². The number of aromatic amines is 1. The first-order valence-electron chi connectivity index (χ1n) is 12.0. The Labute approximate surface area is 201 Å². The average Bonchev–Trinajstić information content (AvgIpc) is 3.45. The first-order valence-corrected chi connectivity index (χ1v) is 12.0. The minimum absolute atomic E-state index is 0.190. The van der Waals surface area contributed by atoms with E-state index in [9.17, 15) is 18.8 Å². The van der Waals surface area contributed by atoms with Gasteiger partial charge in [-0.15, -0.1) is 0 Å². The summed E-state index contributed by atoms with van der Waals surface area (Å²) < 4.78 is 14.6. The quantitative estimate of drug-likeness (QED) is 0.566. The number of halogens is 1. The van der Waals surface area contributed by atoms with Crippen molar-refractivity contribution in [3.05, 3.63) is 65.1 Å². The van der Waals surface area contributed by atoms with Gasteiger partial charge in [-0.3, -0.25) is 24.6 Å². The van der Waals surface area contributed by atoms with Crippen LogP contribution in [0.5, 0.6) is 0 Å². The van der Waals surface area contributed by atoms with Crippen LogP contribution in [0.1, 0.15) is 34.3 Å². The monoisotopic (exact) mass is 475 g/mol. The molecule has 6 rings (SSSR count). The maximum atomic E-state index is 14.6. The van der Waals surface area contributed by atoms with E-state index in [1.807, 2.05) is 6.20 Å². The molecule has 8 nitrogen and oxygen atoms in total. The highest BCUT2D eigenvalue weighted by atomic mass is 19.1. The number of amides is 3. The van der Waals surface area contributed by atoms with E-state index in [0.717, 1.165) is 30.7 Å². The van der Waals surface area contributed by atoms with E-state index in [1.165, 1.54) is 28.0 Å². The molecule has 4 heterocycles. The predicted molar refractivity (Wildman–Crippen MR) is 128 cm³/mol. The first kappa shape index (κ1) is 21.8. The Kier molecular flexibility index (Phi) is 5.29. The number of anilines is 1. The molecule has 0 spiro atoms. The number of nitrogens with zero attached hydrogens (tertiary/aromatic N) is 3. The smallest absolute Gasteiger partial charge is 0.255 e. The average molecular weight is 476 g/mol. The molecule has 3 aliphatic heterocycles. The number of rotatable bonds is 4. The zero-order chi connectivity index (χ0) is 24.1. The lowest BCUT2D eigenvalue weighted by Gasteiger charge is -2.37. The van der Waals surface area contributed by atoms with Gasteiger partial charge in [-0.1, -0.05) is 18.2 Å². The molecule has 2 fully saturated rings. The Morgan fingerprint density at radius 1 is 1.03 bits per heavy atom. The largest absolute Gasteiger partial charge is 0.369 e. The summed E-state index contributed by atoms with van der Waals surface area (Å²) in [5, 5.41) is 3.51. The number of aromatic nitrogens is 1. The number of imide groups is 1. The number of carbonyl (C=O) groups is 3. The van der Waals surface area contributed by atoms with Crippen LogP contribution in [0, 0.1) is 5.82 Å². The number of benzene rings is 2. The summed E-state index contributed by atoms with van der Waals surface area (Å²) in [5.74, 6) is -1.60. The molecule has 1 aromatic heterocycles. The summed E-state index contributed by atoms with van der Waals surface area (Å²) in [6.07, 6.45) is 2.43. The molecule has 2 aromatic carbocycles. The summed E-state index contributed by atoms with van der Waals surface area (Å²) in [6, 6.07) is 10.4. The second kappa shape index (κ2) is 8.49. The van der Waals surface area contributed by atoms with E-state index in [-0.39, 0.29) is 31.2 Å². The topological polar surface area (TPSA) is 88.8 Å². The van der Waals surface area contributed by atoms with E-state index in [1.54, 1.807) is 0 Å². The molecular weight excluding hydrogens is 449 g/mol. The molecule has 35 heavy (non-hydrogen) atoms. The van der Waals surface area contributed by atoms with E-state index in [4.69, 9.17) is 0 Å². The van der Waals surface area contributed by atoms with Crippen LogP contribution in [-0.2, 0) is 22.7 Å². The van der Waals surface area contributed by atoms with Crippen molar-refractivity contribution in [3.63, 3.8) is 0 Å². The maximum absolute atomic E-state index is 14.6. The van der Waals surface area contributed by atoms with Crippen molar-refractivity contribution in [3.8, 4) is 0 Å². The fraction of sp³-hybridized carbons (Fsp3) is 0.346. The second-order valence-electron chi connectivity index (χ2n) is 9.47. The van der Waals surface area contributed by atoms with Gasteiger partial charge in [-0.25, -0.2) is 4.39 Å². The molecule has 2 saturated heterocycles. The van der Waals surface area contributed by atoms with Crippen molar-refractivity contribution in [2.24, 2.45) is 0 Å². The molecule has 180 valence electrons. The lowest BCUT2D eigenvalue weighted by Crippen LogP contribution is -2.52. The van der Waals surface area contributed by atoms with Crippen LogP contribution in [0.25, 0.3) is 10.9 Å². The number of piperidine rings is 1. The summed E-state index contributed by atoms with van der Waals surface area (Å²) in [6.45, 7) is 4.12. The van der Waals surface area contributed by atoms with E-state index >= 15 is 0 Å². The van der Waals surface area contributed by atoms with Crippen LogP contribution in [0.3, 0.4) is 0 Å². The highest BCUT2D eigenvalue weighted by Gasteiger charge is 2.41. The highest BCUT2D eigenvalue weighted by Crippen LogP contribution is 2.35. The van der Waals surface area contributed by atoms with Crippen molar-refractivity contribution in [2.45, 2.75) is 32.0 Å². The fourth-order valence-corrected chi connectivity index (χ4v) is 5.56. The van der Waals surface area contributed by atoms with Gasteiger partial charge in [0.15, 0.2) is 0 Å². The van der Waals surface area contributed by atoms with Crippen LogP contribution in [-0.4, -0.2) is 64.7 Å². The van der Waals surface area contributed by atoms with Gasteiger partial charge in [-0.2, -0.15) is 0 Å². The van der Waals surface area contributed by atoms with Crippen LogP contribution >= 0.6 is 0 Å². The zero-order valence-corrected chi connectivity index (χ0v) is 19.2. The van der Waals surface area contributed by atoms with Gasteiger partial charge in [0, 0.05) is 74.2 Å². The zero-order valence-electron chi connectivity index (χ0n) is 19.2. The first-order chi connectivity index (χ1) is 17.0. The molecular formula is C26H26FN5O3. The molecule has 9 heteroatoms. The Morgan fingerprint density at radius 3 is 2.66 bits per heavy atom. The third-order valence-corrected chi connectivity index (χ3v) is 7.38.